The third-order valence-electron chi connectivity index (χ3n) is 2.96. The van der Waals surface area contributed by atoms with Crippen LogP contribution in [0.2, 0.25) is 0 Å². The zero-order valence-corrected chi connectivity index (χ0v) is 13.5. The Bertz CT molecular complexity index is 744. The van der Waals surface area contributed by atoms with Gasteiger partial charge in [0.15, 0.2) is 5.69 Å². The van der Waals surface area contributed by atoms with E-state index in [0.29, 0.717) is 23.5 Å². The molecule has 0 saturated carbocycles. The van der Waals surface area contributed by atoms with Crippen LogP contribution in [0.4, 0.5) is 18.9 Å². The Hall–Kier alpha value is -2.62. The van der Waals surface area contributed by atoms with Crippen molar-refractivity contribution >= 4 is 28.9 Å². The van der Waals surface area contributed by atoms with Gasteiger partial charge in [-0.3, -0.25) is 9.59 Å². The first-order chi connectivity index (χ1) is 11.8. The van der Waals surface area contributed by atoms with Crippen LogP contribution in [0.25, 0.3) is 0 Å². The van der Waals surface area contributed by atoms with Crippen LogP contribution < -0.4 is 10.1 Å². The molecule has 1 aromatic carbocycles. The Balaban J connectivity index is 1.94. The topological polar surface area (TPSA) is 88.5 Å². The summed E-state index contributed by atoms with van der Waals surface area (Å²) in [7, 11) is 0. The molecule has 0 spiro atoms. The van der Waals surface area contributed by atoms with Gasteiger partial charge in [-0.25, -0.2) is 4.98 Å². The van der Waals surface area contributed by atoms with E-state index in [9.17, 15) is 22.8 Å². The first kappa shape index (κ1) is 18.7. The maximum absolute atomic E-state index is 12.8. The molecule has 0 aliphatic rings. The fourth-order valence-electron chi connectivity index (χ4n) is 1.85. The smallest absolute Gasteiger partial charge is 0.427 e. The Morgan fingerprint density at radius 3 is 2.52 bits per heavy atom. The minimum absolute atomic E-state index is 0.0106. The molecule has 2 aromatic rings. The molecule has 1 amide bonds. The molecule has 25 heavy (non-hydrogen) atoms. The van der Waals surface area contributed by atoms with E-state index in [2.05, 4.69) is 10.3 Å². The number of carboxylic acid groups (broad SMARTS) is 1. The van der Waals surface area contributed by atoms with E-state index in [1.807, 2.05) is 0 Å². The van der Waals surface area contributed by atoms with Crippen molar-refractivity contribution in [3.8, 4) is 5.75 Å². The second-order valence-electron chi connectivity index (χ2n) is 4.85. The van der Waals surface area contributed by atoms with Gasteiger partial charge in [0, 0.05) is 12.1 Å². The van der Waals surface area contributed by atoms with Crippen LogP contribution in [-0.2, 0) is 11.0 Å². The Morgan fingerprint density at radius 2 is 1.92 bits per heavy atom. The molecule has 0 aliphatic heterocycles. The molecular weight excluding hydrogens is 361 g/mol. The number of carboxylic acids is 1. The van der Waals surface area contributed by atoms with Gasteiger partial charge >= 0.3 is 12.1 Å². The number of halogens is 3. The predicted molar refractivity (Wildman–Crippen MR) is 83.9 cm³/mol. The van der Waals surface area contributed by atoms with Gasteiger partial charge in [-0.1, -0.05) is 0 Å². The van der Waals surface area contributed by atoms with E-state index >= 15 is 0 Å². The number of nitrogens with one attached hydrogen (secondary N) is 1. The van der Waals surface area contributed by atoms with E-state index in [-0.39, 0.29) is 18.7 Å². The first-order valence-electron chi connectivity index (χ1n) is 7.04. The maximum Gasteiger partial charge on any atom is 0.427 e. The largest absolute Gasteiger partial charge is 0.494 e. The van der Waals surface area contributed by atoms with Crippen LogP contribution in [0.1, 0.15) is 28.2 Å². The molecule has 0 bridgehead atoms. The summed E-state index contributed by atoms with van der Waals surface area (Å²) in [5, 5.41) is 10.8. The number of aromatic nitrogens is 1. The monoisotopic (exact) mass is 374 g/mol. The van der Waals surface area contributed by atoms with Crippen molar-refractivity contribution < 1.29 is 32.6 Å². The van der Waals surface area contributed by atoms with Crippen LogP contribution in [0, 0.1) is 0 Å². The zero-order valence-electron chi connectivity index (χ0n) is 12.7. The van der Waals surface area contributed by atoms with Crippen molar-refractivity contribution in [2.45, 2.75) is 19.0 Å². The molecule has 2 N–H and O–H groups in total. The number of ether oxygens (including phenoxy) is 1. The molecule has 0 radical (unpaired) electrons. The standard InChI is InChI=1S/C15H13F3N2O4S/c16-15(17,18)13-12(19-8-25-13)14(23)20-9-3-5-10(6-4-9)24-7-1-2-11(21)22/h3-6,8H,1-2,7H2,(H,20,23)(H,21,22). The number of rotatable bonds is 7. The summed E-state index contributed by atoms with van der Waals surface area (Å²) >= 11 is 0.352. The number of aliphatic carboxylic acids is 1. The van der Waals surface area contributed by atoms with Gasteiger partial charge < -0.3 is 15.2 Å². The van der Waals surface area contributed by atoms with E-state index in [4.69, 9.17) is 9.84 Å². The Labute approximate surface area is 144 Å². The summed E-state index contributed by atoms with van der Waals surface area (Å²) in [6.45, 7) is 0.214. The lowest BCUT2D eigenvalue weighted by Crippen LogP contribution is -2.17. The Morgan fingerprint density at radius 1 is 1.24 bits per heavy atom. The minimum atomic E-state index is -4.64. The van der Waals surface area contributed by atoms with Crippen molar-refractivity contribution in [1.29, 1.82) is 0 Å². The van der Waals surface area contributed by atoms with Gasteiger partial charge in [0.1, 0.15) is 10.6 Å². The lowest BCUT2D eigenvalue weighted by atomic mass is 10.2. The first-order valence-corrected chi connectivity index (χ1v) is 7.92. The van der Waals surface area contributed by atoms with Crippen LogP contribution in [-0.4, -0.2) is 28.6 Å². The summed E-state index contributed by atoms with van der Waals surface area (Å²) in [6.07, 6.45) is -4.30. The molecular formula is C15H13F3N2O4S. The number of thiazole rings is 1. The lowest BCUT2D eigenvalue weighted by molar-refractivity contribution is -0.137. The molecule has 2 rings (SSSR count). The number of benzene rings is 1. The van der Waals surface area contributed by atoms with Crippen molar-refractivity contribution in [2.24, 2.45) is 0 Å². The number of carbonyl (C=O) groups is 2. The van der Waals surface area contributed by atoms with Crippen LogP contribution >= 0.6 is 11.3 Å². The highest BCUT2D eigenvalue weighted by Gasteiger charge is 2.38. The molecule has 1 heterocycles. The predicted octanol–water partition coefficient (Wildman–Crippen LogP) is 3.66. The minimum Gasteiger partial charge on any atom is -0.494 e. The number of anilines is 1. The number of hydrogen-bond donors (Lipinski definition) is 2. The second-order valence-corrected chi connectivity index (χ2v) is 5.71. The van der Waals surface area contributed by atoms with Gasteiger partial charge in [0.05, 0.1) is 12.1 Å². The Kier molecular flexibility index (Phi) is 5.97. The molecule has 0 atom stereocenters. The maximum atomic E-state index is 12.8. The number of hydrogen-bond acceptors (Lipinski definition) is 5. The van der Waals surface area contributed by atoms with Crippen LogP contribution in [0.3, 0.4) is 0 Å². The summed E-state index contributed by atoms with van der Waals surface area (Å²) in [5.41, 5.74) is 0.571. The molecule has 0 saturated heterocycles. The molecule has 10 heteroatoms. The van der Waals surface area contributed by atoms with E-state index in [1.54, 1.807) is 0 Å². The van der Waals surface area contributed by atoms with Crippen molar-refractivity contribution in [3.63, 3.8) is 0 Å². The van der Waals surface area contributed by atoms with Gasteiger partial charge in [-0.2, -0.15) is 13.2 Å². The third kappa shape index (κ3) is 5.45. The van der Waals surface area contributed by atoms with Crippen molar-refractivity contribution in [3.05, 3.63) is 40.3 Å². The average Bonchev–Trinajstić information content (AvgIpc) is 3.03. The highest BCUT2D eigenvalue weighted by Crippen LogP contribution is 2.35. The van der Waals surface area contributed by atoms with Crippen LogP contribution in [0.5, 0.6) is 5.75 Å². The molecule has 1 aromatic heterocycles. The number of nitrogens with zero attached hydrogens (tertiary/aromatic N) is 1. The number of alkyl halides is 3. The zero-order chi connectivity index (χ0) is 18.4. The van der Waals surface area contributed by atoms with E-state index in [0.717, 1.165) is 5.51 Å². The molecule has 0 unspecified atom stereocenters. The molecule has 6 nitrogen and oxygen atoms in total. The number of carbonyl (C=O) groups excluding carboxylic acids is 1. The fraction of sp³-hybridized carbons (Fsp3) is 0.267. The average molecular weight is 374 g/mol. The molecule has 134 valence electrons. The van der Waals surface area contributed by atoms with Gasteiger partial charge in [0.25, 0.3) is 5.91 Å². The number of amides is 1. The van der Waals surface area contributed by atoms with E-state index in [1.165, 1.54) is 24.3 Å². The summed E-state index contributed by atoms with van der Waals surface area (Å²) in [5.74, 6) is -1.42. The summed E-state index contributed by atoms with van der Waals surface area (Å²) in [4.78, 5) is 24.7. The van der Waals surface area contributed by atoms with Gasteiger partial charge in [0.2, 0.25) is 0 Å². The fourth-order valence-corrected chi connectivity index (χ4v) is 2.50. The summed E-state index contributed by atoms with van der Waals surface area (Å²) in [6, 6.07) is 5.96. The van der Waals surface area contributed by atoms with Crippen molar-refractivity contribution in [1.82, 2.24) is 4.98 Å². The SMILES string of the molecule is O=C(O)CCCOc1ccc(NC(=O)c2ncsc2C(F)(F)F)cc1. The quantitative estimate of drug-likeness (QED) is 0.722. The highest BCUT2D eigenvalue weighted by atomic mass is 32.1. The van der Waals surface area contributed by atoms with Gasteiger partial charge in [-0.05, 0) is 30.7 Å². The van der Waals surface area contributed by atoms with Crippen molar-refractivity contribution in [2.75, 3.05) is 11.9 Å². The third-order valence-corrected chi connectivity index (χ3v) is 3.83. The molecule has 0 fully saturated rings. The van der Waals surface area contributed by atoms with Gasteiger partial charge in [-0.15, -0.1) is 11.3 Å². The normalized spacial score (nSPS) is 11.2. The summed E-state index contributed by atoms with van der Waals surface area (Å²) < 4.78 is 43.6. The van der Waals surface area contributed by atoms with E-state index < -0.39 is 28.6 Å². The van der Waals surface area contributed by atoms with Crippen LogP contribution in [0.15, 0.2) is 29.8 Å². The lowest BCUT2D eigenvalue weighted by Gasteiger charge is -2.09. The molecule has 0 aliphatic carbocycles. The highest BCUT2D eigenvalue weighted by molar-refractivity contribution is 7.10. The second kappa shape index (κ2) is 7.97.